The summed E-state index contributed by atoms with van der Waals surface area (Å²) in [5.41, 5.74) is 1.45. The van der Waals surface area contributed by atoms with Crippen molar-refractivity contribution in [3.63, 3.8) is 0 Å². The van der Waals surface area contributed by atoms with Gasteiger partial charge < -0.3 is 5.11 Å². The number of aromatic carboxylic acids is 1. The Balaban J connectivity index is 2.38. The largest absolute Gasteiger partial charge is 0.476 e. The van der Waals surface area contributed by atoms with Crippen molar-refractivity contribution in [2.75, 3.05) is 4.72 Å². The minimum absolute atomic E-state index is 0.107. The van der Waals surface area contributed by atoms with Crippen molar-refractivity contribution < 1.29 is 18.3 Å². The van der Waals surface area contributed by atoms with Crippen LogP contribution in [0.3, 0.4) is 0 Å². The van der Waals surface area contributed by atoms with Crippen molar-refractivity contribution in [1.82, 2.24) is 9.97 Å². The van der Waals surface area contributed by atoms with E-state index in [9.17, 15) is 13.2 Å². The Morgan fingerprint density at radius 2 is 2.15 bits per heavy atom. The summed E-state index contributed by atoms with van der Waals surface area (Å²) in [7, 11) is -4.03. The average Bonchev–Trinajstić information content (AvgIpc) is 2.83. The van der Waals surface area contributed by atoms with E-state index in [1.165, 1.54) is 12.3 Å². The Bertz CT molecular complexity index is 773. The minimum Gasteiger partial charge on any atom is -0.476 e. The van der Waals surface area contributed by atoms with Crippen molar-refractivity contribution in [3.05, 3.63) is 33.5 Å². The summed E-state index contributed by atoms with van der Waals surface area (Å²) in [5, 5.41) is 8.89. The molecule has 2 aromatic rings. The third-order valence-electron chi connectivity index (χ3n) is 2.27. The monoisotopic (exact) mass is 377 g/mol. The highest BCUT2D eigenvalue weighted by Gasteiger charge is 2.26. The molecule has 106 valence electrons. The molecule has 20 heavy (non-hydrogen) atoms. The molecule has 0 amide bonds. The lowest BCUT2D eigenvalue weighted by Crippen LogP contribution is -2.16. The molecule has 0 aliphatic carbocycles. The minimum atomic E-state index is -4.03. The van der Waals surface area contributed by atoms with E-state index in [1.54, 1.807) is 6.92 Å². The van der Waals surface area contributed by atoms with Gasteiger partial charge in [-0.15, -0.1) is 11.3 Å². The molecule has 0 bridgehead atoms. The number of anilines is 1. The highest BCUT2D eigenvalue weighted by molar-refractivity contribution is 9.10. The van der Waals surface area contributed by atoms with E-state index in [0.29, 0.717) is 0 Å². The summed E-state index contributed by atoms with van der Waals surface area (Å²) < 4.78 is 26.9. The molecular weight excluding hydrogens is 370 g/mol. The van der Waals surface area contributed by atoms with Crippen LogP contribution in [0.4, 0.5) is 5.82 Å². The van der Waals surface area contributed by atoms with Crippen LogP contribution in [0.25, 0.3) is 0 Å². The van der Waals surface area contributed by atoms with Gasteiger partial charge >= 0.3 is 5.97 Å². The molecule has 7 nitrogen and oxygen atoms in total. The molecule has 2 aromatic heterocycles. The third kappa shape index (κ3) is 2.97. The summed E-state index contributed by atoms with van der Waals surface area (Å²) in [6, 6.07) is 1.53. The van der Waals surface area contributed by atoms with Gasteiger partial charge in [0.15, 0.2) is 9.90 Å². The summed E-state index contributed by atoms with van der Waals surface area (Å²) in [6.45, 7) is 1.78. The Labute approximate surface area is 126 Å². The second-order valence-corrected chi connectivity index (χ2v) is 7.30. The predicted molar refractivity (Wildman–Crippen MR) is 76.6 cm³/mol. The maximum atomic E-state index is 12.1. The van der Waals surface area contributed by atoms with Gasteiger partial charge in [0, 0.05) is 10.7 Å². The zero-order chi connectivity index (χ0) is 14.9. The number of thiazole rings is 1. The number of carboxylic acid groups (broad SMARTS) is 1. The molecule has 2 N–H and O–H groups in total. The number of nitrogens with zero attached hydrogens (tertiary/aromatic N) is 2. The predicted octanol–water partition coefficient (Wildman–Crippen LogP) is 2.11. The fourth-order valence-corrected chi connectivity index (χ4v) is 3.71. The molecule has 2 heterocycles. The van der Waals surface area contributed by atoms with Gasteiger partial charge in [0.2, 0.25) is 0 Å². The average molecular weight is 378 g/mol. The van der Waals surface area contributed by atoms with Gasteiger partial charge in [-0.3, -0.25) is 4.72 Å². The Morgan fingerprint density at radius 1 is 1.45 bits per heavy atom. The molecule has 0 saturated carbocycles. The number of hydrogen-bond donors (Lipinski definition) is 2. The van der Waals surface area contributed by atoms with Crippen LogP contribution >= 0.6 is 27.3 Å². The summed E-state index contributed by atoms with van der Waals surface area (Å²) in [5.74, 6) is -1.29. The fourth-order valence-electron chi connectivity index (χ4n) is 1.35. The summed E-state index contributed by atoms with van der Waals surface area (Å²) in [4.78, 5) is 18.3. The van der Waals surface area contributed by atoms with Crippen LogP contribution in [0, 0.1) is 6.92 Å². The summed E-state index contributed by atoms with van der Waals surface area (Å²) in [6.07, 6.45) is 1.46. The van der Waals surface area contributed by atoms with Crippen LogP contribution in [0.5, 0.6) is 0 Å². The van der Waals surface area contributed by atoms with Crippen molar-refractivity contribution in [2.24, 2.45) is 0 Å². The maximum absolute atomic E-state index is 12.1. The lowest BCUT2D eigenvalue weighted by Gasteiger charge is -2.07. The van der Waals surface area contributed by atoms with Crippen LogP contribution in [0.15, 0.2) is 26.5 Å². The van der Waals surface area contributed by atoms with Gasteiger partial charge in [-0.05, 0) is 34.5 Å². The first-order chi connectivity index (χ1) is 9.31. The first-order valence-electron chi connectivity index (χ1n) is 5.13. The Kier molecular flexibility index (Phi) is 4.06. The zero-order valence-electron chi connectivity index (χ0n) is 9.99. The van der Waals surface area contributed by atoms with Crippen molar-refractivity contribution in [3.8, 4) is 0 Å². The molecule has 0 aliphatic rings. The number of nitrogens with one attached hydrogen (secondary N) is 1. The molecule has 2 rings (SSSR count). The van der Waals surface area contributed by atoms with E-state index in [2.05, 4.69) is 30.6 Å². The highest BCUT2D eigenvalue weighted by Crippen LogP contribution is 2.24. The summed E-state index contributed by atoms with van der Waals surface area (Å²) >= 11 is 3.98. The lowest BCUT2D eigenvalue weighted by molar-refractivity contribution is 0.0687. The number of pyridine rings is 1. The molecule has 0 atom stereocenters. The molecule has 10 heteroatoms. The van der Waals surface area contributed by atoms with Gasteiger partial charge in [-0.25, -0.2) is 23.2 Å². The molecule has 0 aliphatic heterocycles. The van der Waals surface area contributed by atoms with E-state index >= 15 is 0 Å². The van der Waals surface area contributed by atoms with E-state index in [4.69, 9.17) is 5.11 Å². The number of carboxylic acids is 1. The zero-order valence-corrected chi connectivity index (χ0v) is 13.2. The standard InChI is InChI=1S/C10H8BrN3O4S2/c1-5-2-7(12-3-6(5)11)14-20(17,18)10-8(9(15)16)13-4-19-10/h2-4H,1H3,(H,12,14)(H,15,16). The number of halogens is 1. The SMILES string of the molecule is Cc1cc(NS(=O)(=O)c2scnc2C(=O)O)ncc1Br. The second kappa shape index (κ2) is 5.46. The smallest absolute Gasteiger partial charge is 0.356 e. The molecule has 0 radical (unpaired) electrons. The number of rotatable bonds is 4. The van der Waals surface area contributed by atoms with Gasteiger partial charge in [-0.2, -0.15) is 0 Å². The van der Waals surface area contributed by atoms with E-state index in [-0.39, 0.29) is 10.0 Å². The van der Waals surface area contributed by atoms with E-state index < -0.39 is 21.7 Å². The third-order valence-corrected chi connectivity index (χ3v) is 5.82. The normalized spacial score (nSPS) is 11.3. The number of carbonyl (C=O) groups is 1. The number of sulfonamides is 1. The molecule has 0 saturated heterocycles. The van der Waals surface area contributed by atoms with Crippen LogP contribution < -0.4 is 4.72 Å². The van der Waals surface area contributed by atoms with Crippen molar-refractivity contribution in [1.29, 1.82) is 0 Å². The van der Waals surface area contributed by atoms with Gasteiger partial charge in [0.1, 0.15) is 5.82 Å². The molecular formula is C10H8BrN3O4S2. The van der Waals surface area contributed by atoms with Crippen molar-refractivity contribution >= 4 is 49.1 Å². The molecule has 0 spiro atoms. The van der Waals surface area contributed by atoms with E-state index in [1.807, 2.05) is 0 Å². The molecule has 0 unspecified atom stereocenters. The number of hydrogen-bond acceptors (Lipinski definition) is 6. The quantitative estimate of drug-likeness (QED) is 0.844. The lowest BCUT2D eigenvalue weighted by atomic mass is 10.3. The Hall–Kier alpha value is -1.52. The van der Waals surface area contributed by atoms with Crippen LogP contribution in [-0.2, 0) is 10.0 Å². The van der Waals surface area contributed by atoms with Crippen LogP contribution in [0.1, 0.15) is 16.1 Å². The van der Waals surface area contributed by atoms with E-state index in [0.717, 1.165) is 26.9 Å². The maximum Gasteiger partial charge on any atom is 0.356 e. The second-order valence-electron chi connectivity index (χ2n) is 3.72. The van der Waals surface area contributed by atoms with Crippen molar-refractivity contribution in [2.45, 2.75) is 11.1 Å². The first kappa shape index (κ1) is 14.9. The molecule has 0 fully saturated rings. The first-order valence-corrected chi connectivity index (χ1v) is 8.28. The highest BCUT2D eigenvalue weighted by atomic mass is 79.9. The van der Waals surface area contributed by atoms with Gasteiger partial charge in [0.05, 0.1) is 5.51 Å². The number of aryl methyl sites for hydroxylation is 1. The number of aromatic nitrogens is 2. The fraction of sp³-hybridized carbons (Fsp3) is 0.100. The van der Waals surface area contributed by atoms with Gasteiger partial charge in [0.25, 0.3) is 10.0 Å². The molecule has 0 aromatic carbocycles. The van der Waals surface area contributed by atoms with Crippen LogP contribution in [0.2, 0.25) is 0 Å². The van der Waals surface area contributed by atoms with Gasteiger partial charge in [-0.1, -0.05) is 0 Å². The van der Waals surface area contributed by atoms with Crippen LogP contribution in [-0.4, -0.2) is 29.5 Å². The topological polar surface area (TPSA) is 109 Å². The Morgan fingerprint density at radius 3 is 2.75 bits per heavy atom.